The molecule has 0 aliphatic carbocycles. The molecule has 0 spiro atoms. The van der Waals surface area contributed by atoms with Crippen LogP contribution in [-0.2, 0) is 14.3 Å². The molecule has 7 unspecified atom stereocenters. The number of benzene rings is 4. The second kappa shape index (κ2) is 13.1. The average molecular weight is 630 g/mol. The monoisotopic (exact) mass is 629 g/mol. The molecule has 10 nitrogen and oxygen atoms in total. The van der Waals surface area contributed by atoms with E-state index >= 15 is 0 Å². The third-order valence-electron chi connectivity index (χ3n) is 8.45. The third-order valence-corrected chi connectivity index (χ3v) is 8.45. The number of para-hydroxylation sites is 1. The van der Waals surface area contributed by atoms with Gasteiger partial charge < -0.3 is 35.0 Å². The number of phenols is 1. The highest BCUT2D eigenvalue weighted by Gasteiger charge is 2.51. The van der Waals surface area contributed by atoms with E-state index in [9.17, 15) is 39.5 Å². The summed E-state index contributed by atoms with van der Waals surface area (Å²) in [5.41, 5.74) is 3.11. The lowest BCUT2D eigenvalue weighted by Crippen LogP contribution is -2.60. The maximum absolute atomic E-state index is 13.3. The second-order valence-corrected chi connectivity index (χ2v) is 11.3. The number of β-lactam (4-membered cyclic amide) rings is 1. The molecule has 2 fully saturated rings. The van der Waals surface area contributed by atoms with Crippen molar-refractivity contribution < 1.29 is 49.0 Å². The Morgan fingerprint density at radius 3 is 2.17 bits per heavy atom. The highest BCUT2D eigenvalue weighted by Crippen LogP contribution is 2.45. The van der Waals surface area contributed by atoms with Gasteiger partial charge in [-0.15, -0.1) is 0 Å². The zero-order valence-corrected chi connectivity index (χ0v) is 24.4. The summed E-state index contributed by atoms with van der Waals surface area (Å²) >= 11 is 0. The van der Waals surface area contributed by atoms with Crippen molar-refractivity contribution in [2.75, 3.05) is 18.1 Å². The molecule has 2 aliphatic rings. The lowest BCUT2D eigenvalue weighted by atomic mass is 9.87. The van der Waals surface area contributed by atoms with Gasteiger partial charge in [-0.3, -0.25) is 14.5 Å². The summed E-state index contributed by atoms with van der Waals surface area (Å²) in [6.07, 6.45) is -7.43. The number of phenolic OH excluding ortho intramolecular Hbond substituents is 1. The molecule has 0 saturated carbocycles. The summed E-state index contributed by atoms with van der Waals surface area (Å²) in [5.74, 6) is -1.38. The van der Waals surface area contributed by atoms with Gasteiger partial charge in [-0.25, -0.2) is 4.39 Å². The van der Waals surface area contributed by atoms with Gasteiger partial charge in [-0.05, 0) is 59.2 Å². The molecule has 4 aromatic rings. The van der Waals surface area contributed by atoms with Crippen molar-refractivity contribution in [2.24, 2.45) is 0 Å². The zero-order valence-electron chi connectivity index (χ0n) is 24.4. The Morgan fingerprint density at radius 2 is 1.52 bits per heavy atom. The van der Waals surface area contributed by atoms with E-state index in [0.717, 1.165) is 0 Å². The molecule has 2 saturated heterocycles. The van der Waals surface area contributed by atoms with Crippen molar-refractivity contribution in [1.29, 1.82) is 0 Å². The maximum atomic E-state index is 13.3. The van der Waals surface area contributed by atoms with Gasteiger partial charge in [0.2, 0.25) is 0 Å². The van der Waals surface area contributed by atoms with E-state index in [1.54, 1.807) is 66.7 Å². The van der Waals surface area contributed by atoms with E-state index in [1.807, 2.05) is 6.07 Å². The van der Waals surface area contributed by atoms with Gasteiger partial charge in [-0.2, -0.15) is 0 Å². The van der Waals surface area contributed by atoms with E-state index in [2.05, 4.69) is 0 Å². The zero-order chi connectivity index (χ0) is 32.5. The normalized spacial score (nSPS) is 26.1. The highest BCUT2D eigenvalue weighted by molar-refractivity contribution is 6.06. The van der Waals surface area contributed by atoms with Crippen LogP contribution >= 0.6 is 0 Å². The van der Waals surface area contributed by atoms with Gasteiger partial charge in [0.25, 0.3) is 5.91 Å². The SMILES string of the molecule is O=C(COC1C(=O)N(c2ccccc2)C1c1ccc(-c2ccc(C3OC(CO)C(O)C(O)C3O)cc2)cc1O)c1ccc(F)cc1. The van der Waals surface area contributed by atoms with E-state index in [1.165, 1.54) is 29.2 Å². The van der Waals surface area contributed by atoms with Crippen molar-refractivity contribution in [1.82, 2.24) is 0 Å². The summed E-state index contributed by atoms with van der Waals surface area (Å²) in [6, 6.07) is 25.0. The van der Waals surface area contributed by atoms with Gasteiger partial charge in [0.05, 0.1) is 6.61 Å². The number of ketones is 1. The number of Topliss-reactive ketones (excluding diaryl/α,β-unsaturated/α-hetero) is 1. The molecule has 11 heteroatoms. The summed E-state index contributed by atoms with van der Waals surface area (Å²) in [6.45, 7) is -0.948. The van der Waals surface area contributed by atoms with E-state index in [-0.39, 0.29) is 17.2 Å². The molecule has 2 aliphatic heterocycles. The van der Waals surface area contributed by atoms with Crippen molar-refractivity contribution in [3.63, 3.8) is 0 Å². The van der Waals surface area contributed by atoms with Gasteiger partial charge in [0.15, 0.2) is 11.9 Å². The lowest BCUT2D eigenvalue weighted by molar-refractivity contribution is -0.231. The van der Waals surface area contributed by atoms with E-state index < -0.39 is 67.5 Å². The highest BCUT2D eigenvalue weighted by atomic mass is 19.1. The van der Waals surface area contributed by atoms with Crippen molar-refractivity contribution in [3.8, 4) is 16.9 Å². The lowest BCUT2D eigenvalue weighted by Gasteiger charge is -2.46. The number of rotatable bonds is 9. The first kappa shape index (κ1) is 31.5. The van der Waals surface area contributed by atoms with Crippen LogP contribution in [-0.4, -0.2) is 81.0 Å². The Bertz CT molecular complexity index is 1700. The van der Waals surface area contributed by atoms with Crippen LogP contribution in [0.1, 0.15) is 33.6 Å². The molecule has 238 valence electrons. The Balaban J connectivity index is 1.23. The minimum absolute atomic E-state index is 0.104. The Hall–Kier alpha value is -4.49. The van der Waals surface area contributed by atoms with Crippen LogP contribution < -0.4 is 4.90 Å². The molecule has 2 heterocycles. The summed E-state index contributed by atoms with van der Waals surface area (Å²) < 4.78 is 24.8. The molecular formula is C35H32FNO9. The van der Waals surface area contributed by atoms with Crippen LogP contribution in [0.25, 0.3) is 11.1 Å². The number of hydrogen-bond donors (Lipinski definition) is 5. The van der Waals surface area contributed by atoms with E-state index in [4.69, 9.17) is 9.47 Å². The van der Waals surface area contributed by atoms with Gasteiger partial charge in [0.1, 0.15) is 54.7 Å². The van der Waals surface area contributed by atoms with Gasteiger partial charge in [-0.1, -0.05) is 54.6 Å². The molecule has 4 aromatic carbocycles. The molecule has 1 amide bonds. The number of nitrogens with zero attached hydrogens (tertiary/aromatic N) is 1. The van der Waals surface area contributed by atoms with Crippen LogP contribution in [0.4, 0.5) is 10.1 Å². The summed E-state index contributed by atoms with van der Waals surface area (Å²) in [7, 11) is 0. The Labute approximate surface area is 263 Å². The predicted octanol–water partition coefficient (Wildman–Crippen LogP) is 3.07. The van der Waals surface area contributed by atoms with Crippen LogP contribution in [0.3, 0.4) is 0 Å². The van der Waals surface area contributed by atoms with Crippen molar-refractivity contribution in [3.05, 3.63) is 120 Å². The Kier molecular flexibility index (Phi) is 8.96. The number of aliphatic hydroxyl groups excluding tert-OH is 4. The van der Waals surface area contributed by atoms with Crippen molar-refractivity contribution in [2.45, 2.75) is 42.7 Å². The number of carbonyl (C=O) groups is 2. The van der Waals surface area contributed by atoms with E-state index in [0.29, 0.717) is 27.9 Å². The first-order chi connectivity index (χ1) is 22.2. The van der Waals surface area contributed by atoms with Crippen LogP contribution in [0, 0.1) is 5.82 Å². The molecule has 6 rings (SSSR count). The standard InChI is InChI=1S/C35H32FNO9/c36-23-13-10-20(11-14-23)27(40)18-45-34-29(37(35(34)44)24-4-2-1-3-5-24)25-15-12-22(16-26(25)39)19-6-8-21(9-7-19)33-32(43)31(42)30(41)28(17-38)46-33/h1-16,28-34,38-39,41-43H,17-18H2. The molecule has 0 aromatic heterocycles. The quantitative estimate of drug-likeness (QED) is 0.139. The smallest absolute Gasteiger partial charge is 0.259 e. The minimum atomic E-state index is -1.50. The number of aliphatic hydroxyl groups is 4. The number of carbonyl (C=O) groups excluding carboxylic acids is 2. The fraction of sp³-hybridized carbons (Fsp3) is 0.257. The molecule has 0 radical (unpaired) electrons. The van der Waals surface area contributed by atoms with Gasteiger partial charge >= 0.3 is 0 Å². The molecule has 7 atom stereocenters. The largest absolute Gasteiger partial charge is 0.508 e. The number of ether oxygens (including phenoxy) is 2. The fourth-order valence-corrected chi connectivity index (χ4v) is 5.90. The van der Waals surface area contributed by atoms with Crippen LogP contribution in [0.15, 0.2) is 97.1 Å². The molecular weight excluding hydrogens is 597 g/mol. The predicted molar refractivity (Wildman–Crippen MR) is 163 cm³/mol. The minimum Gasteiger partial charge on any atom is -0.508 e. The summed E-state index contributed by atoms with van der Waals surface area (Å²) in [4.78, 5) is 27.5. The Morgan fingerprint density at radius 1 is 0.848 bits per heavy atom. The van der Waals surface area contributed by atoms with Crippen molar-refractivity contribution >= 4 is 17.4 Å². The number of hydrogen-bond acceptors (Lipinski definition) is 9. The number of amides is 1. The summed E-state index contributed by atoms with van der Waals surface area (Å²) in [5, 5.41) is 51.4. The van der Waals surface area contributed by atoms with Gasteiger partial charge in [0, 0.05) is 16.8 Å². The molecule has 0 bridgehead atoms. The fourth-order valence-electron chi connectivity index (χ4n) is 5.90. The number of anilines is 1. The second-order valence-electron chi connectivity index (χ2n) is 11.3. The van der Waals surface area contributed by atoms with Crippen LogP contribution in [0.5, 0.6) is 5.75 Å². The maximum Gasteiger partial charge on any atom is 0.259 e. The topological polar surface area (TPSA) is 157 Å². The van der Waals surface area contributed by atoms with Crippen LogP contribution in [0.2, 0.25) is 0 Å². The number of halogens is 1. The first-order valence-corrected chi connectivity index (χ1v) is 14.7. The average Bonchev–Trinajstić information content (AvgIpc) is 3.07. The first-order valence-electron chi connectivity index (χ1n) is 14.7. The third kappa shape index (κ3) is 5.92. The molecule has 5 N–H and O–H groups in total. The molecule has 46 heavy (non-hydrogen) atoms. The number of aromatic hydroxyl groups is 1.